The van der Waals surface area contributed by atoms with Gasteiger partial charge in [0.1, 0.15) is 5.75 Å². The van der Waals surface area contributed by atoms with Gasteiger partial charge in [-0.2, -0.15) is 9.50 Å². The highest BCUT2D eigenvalue weighted by atomic mass is 16.3. The van der Waals surface area contributed by atoms with Gasteiger partial charge in [-0.15, -0.1) is 5.10 Å². The van der Waals surface area contributed by atoms with Crippen molar-refractivity contribution in [3.63, 3.8) is 0 Å². The number of nitrogens with one attached hydrogen (secondary N) is 2. The zero-order valence-corrected chi connectivity index (χ0v) is 12.0. The minimum absolute atomic E-state index is 0.0879. The van der Waals surface area contributed by atoms with E-state index >= 15 is 0 Å². The van der Waals surface area contributed by atoms with E-state index in [-0.39, 0.29) is 22.9 Å². The third-order valence-electron chi connectivity index (χ3n) is 3.87. The molecule has 0 radical (unpaired) electrons. The maximum atomic E-state index is 12.3. The van der Waals surface area contributed by atoms with Crippen LogP contribution in [0.25, 0.3) is 5.78 Å². The largest absolute Gasteiger partial charge is 0.508 e. The number of carbonyl (C=O) groups excluding carboxylic acids is 1. The second kappa shape index (κ2) is 4.94. The Bertz CT molecular complexity index is 971. The molecule has 1 aliphatic rings. The van der Waals surface area contributed by atoms with E-state index in [2.05, 4.69) is 20.4 Å². The summed E-state index contributed by atoms with van der Waals surface area (Å²) >= 11 is 0. The molecule has 0 atom stereocenters. The quantitative estimate of drug-likeness (QED) is 0.608. The molecule has 2 aromatic heterocycles. The first-order chi connectivity index (χ1) is 11.1. The van der Waals surface area contributed by atoms with E-state index in [0.717, 1.165) is 29.5 Å². The number of fused-ring (bicyclic) bond motifs is 2. The summed E-state index contributed by atoms with van der Waals surface area (Å²) in [5, 5.41) is 15.9. The fourth-order valence-corrected chi connectivity index (χ4v) is 2.74. The maximum Gasteiger partial charge on any atom is 0.295 e. The summed E-state index contributed by atoms with van der Waals surface area (Å²) < 4.78 is 1.13. The van der Waals surface area contributed by atoms with Crippen molar-refractivity contribution >= 4 is 17.4 Å². The van der Waals surface area contributed by atoms with Crippen LogP contribution in [0, 0.1) is 0 Å². The molecule has 1 aromatic carbocycles. The minimum Gasteiger partial charge on any atom is -0.508 e. The van der Waals surface area contributed by atoms with Gasteiger partial charge < -0.3 is 15.4 Å². The van der Waals surface area contributed by atoms with Gasteiger partial charge in [0.05, 0.1) is 0 Å². The number of aryl methyl sites for hydroxylation is 1. The van der Waals surface area contributed by atoms with Crippen LogP contribution in [0.2, 0.25) is 0 Å². The van der Waals surface area contributed by atoms with E-state index in [1.54, 1.807) is 12.1 Å². The summed E-state index contributed by atoms with van der Waals surface area (Å²) in [7, 11) is 0. The standard InChI is InChI=1S/C15H13N5O3/c21-9-6-4-8(5-7-9)16-13(22)12-18-15-17-11-3-1-2-10(11)14(23)20(15)19-12/h4-7,21H,1-3H2,(H,16,22)(H,17,18,19). The fourth-order valence-electron chi connectivity index (χ4n) is 2.74. The molecule has 3 aromatic rings. The van der Waals surface area contributed by atoms with Gasteiger partial charge >= 0.3 is 0 Å². The lowest BCUT2D eigenvalue weighted by atomic mass is 10.3. The van der Waals surface area contributed by atoms with Crippen LogP contribution < -0.4 is 10.9 Å². The number of carbonyl (C=O) groups is 1. The van der Waals surface area contributed by atoms with Crippen LogP contribution in [0.4, 0.5) is 5.69 Å². The molecule has 8 nitrogen and oxygen atoms in total. The molecule has 8 heteroatoms. The molecule has 1 amide bonds. The van der Waals surface area contributed by atoms with Crippen molar-refractivity contribution in [3.05, 3.63) is 51.7 Å². The maximum absolute atomic E-state index is 12.3. The second-order valence-electron chi connectivity index (χ2n) is 5.41. The molecule has 0 spiro atoms. The number of aromatic nitrogens is 4. The highest BCUT2D eigenvalue weighted by Crippen LogP contribution is 2.17. The molecule has 0 unspecified atom stereocenters. The third-order valence-corrected chi connectivity index (χ3v) is 3.87. The third kappa shape index (κ3) is 2.24. The van der Waals surface area contributed by atoms with Gasteiger partial charge in [-0.05, 0) is 43.5 Å². The summed E-state index contributed by atoms with van der Waals surface area (Å²) in [5.41, 5.74) is 1.87. The Balaban J connectivity index is 1.69. The van der Waals surface area contributed by atoms with E-state index in [0.29, 0.717) is 11.3 Å². The van der Waals surface area contributed by atoms with Gasteiger partial charge in [0.2, 0.25) is 11.6 Å². The van der Waals surface area contributed by atoms with E-state index < -0.39 is 5.91 Å². The van der Waals surface area contributed by atoms with Crippen molar-refractivity contribution in [2.75, 3.05) is 5.32 Å². The van der Waals surface area contributed by atoms with Crippen molar-refractivity contribution in [1.29, 1.82) is 0 Å². The number of nitrogens with zero attached hydrogens (tertiary/aromatic N) is 3. The van der Waals surface area contributed by atoms with Crippen LogP contribution in [0.5, 0.6) is 5.75 Å². The number of anilines is 1. The Labute approximate surface area is 129 Å². The van der Waals surface area contributed by atoms with Crippen molar-refractivity contribution < 1.29 is 9.90 Å². The van der Waals surface area contributed by atoms with Gasteiger partial charge in [-0.3, -0.25) is 9.59 Å². The zero-order valence-electron chi connectivity index (χ0n) is 12.0. The average molecular weight is 311 g/mol. The molecule has 2 heterocycles. The monoisotopic (exact) mass is 311 g/mol. The average Bonchev–Trinajstić information content (AvgIpc) is 3.16. The van der Waals surface area contributed by atoms with E-state index in [9.17, 15) is 14.7 Å². The van der Waals surface area contributed by atoms with Crippen molar-refractivity contribution in [2.24, 2.45) is 0 Å². The number of amides is 1. The molecule has 0 saturated heterocycles. The Hall–Kier alpha value is -3.16. The molecule has 0 fully saturated rings. The highest BCUT2D eigenvalue weighted by Gasteiger charge is 2.21. The number of aromatic amines is 1. The molecule has 0 bridgehead atoms. The van der Waals surface area contributed by atoms with E-state index in [4.69, 9.17) is 0 Å². The van der Waals surface area contributed by atoms with Crippen LogP contribution in [-0.4, -0.2) is 30.6 Å². The summed E-state index contributed by atoms with van der Waals surface area (Å²) in [6.07, 6.45) is 2.46. The van der Waals surface area contributed by atoms with Crippen LogP contribution in [0.3, 0.4) is 0 Å². The van der Waals surface area contributed by atoms with Crippen LogP contribution in [-0.2, 0) is 12.8 Å². The van der Waals surface area contributed by atoms with Gasteiger partial charge in [0.15, 0.2) is 0 Å². The van der Waals surface area contributed by atoms with Gasteiger partial charge in [0.25, 0.3) is 11.5 Å². The first kappa shape index (κ1) is 13.5. The molecule has 116 valence electrons. The Morgan fingerprint density at radius 3 is 2.83 bits per heavy atom. The number of phenolic OH excluding ortho intramolecular Hbond substituents is 1. The summed E-state index contributed by atoms with van der Waals surface area (Å²) in [5.74, 6) is -0.233. The summed E-state index contributed by atoms with van der Waals surface area (Å²) in [6, 6.07) is 6.03. The van der Waals surface area contributed by atoms with E-state index in [1.807, 2.05) is 0 Å². The first-order valence-corrected chi connectivity index (χ1v) is 7.23. The van der Waals surface area contributed by atoms with Crippen LogP contribution in [0.15, 0.2) is 29.1 Å². The van der Waals surface area contributed by atoms with Gasteiger partial charge in [-0.25, -0.2) is 0 Å². The molecule has 23 heavy (non-hydrogen) atoms. The van der Waals surface area contributed by atoms with Crippen molar-refractivity contribution in [3.8, 4) is 5.75 Å². The number of phenols is 1. The molecule has 1 aliphatic carbocycles. The Kier molecular flexibility index (Phi) is 2.90. The van der Waals surface area contributed by atoms with E-state index in [1.165, 1.54) is 12.1 Å². The topological polar surface area (TPSA) is 112 Å². The molecular formula is C15H13N5O3. The Morgan fingerprint density at radius 2 is 2.04 bits per heavy atom. The molecule has 4 rings (SSSR count). The highest BCUT2D eigenvalue weighted by molar-refractivity contribution is 6.01. The minimum atomic E-state index is -0.521. The first-order valence-electron chi connectivity index (χ1n) is 7.23. The van der Waals surface area contributed by atoms with Gasteiger partial charge in [-0.1, -0.05) is 0 Å². The Morgan fingerprint density at radius 1 is 1.26 bits per heavy atom. The molecule has 0 aliphatic heterocycles. The zero-order chi connectivity index (χ0) is 16.0. The number of benzene rings is 1. The lowest BCUT2D eigenvalue weighted by Crippen LogP contribution is -2.21. The SMILES string of the molecule is O=C(Nc1ccc(O)cc1)c1nc2[nH]c3c(c(=O)n2n1)CCC3. The number of rotatable bonds is 2. The molecule has 3 N–H and O–H groups in total. The predicted octanol–water partition coefficient (Wildman–Crippen LogP) is 0.864. The second-order valence-corrected chi connectivity index (χ2v) is 5.41. The summed E-state index contributed by atoms with van der Waals surface area (Å²) in [4.78, 5) is 31.7. The smallest absolute Gasteiger partial charge is 0.295 e. The molecule has 0 saturated carbocycles. The molecular weight excluding hydrogens is 298 g/mol. The normalized spacial score (nSPS) is 13.2. The summed E-state index contributed by atoms with van der Waals surface area (Å²) in [6.45, 7) is 0. The van der Waals surface area contributed by atoms with Gasteiger partial charge in [0, 0.05) is 16.9 Å². The van der Waals surface area contributed by atoms with Crippen LogP contribution >= 0.6 is 0 Å². The van der Waals surface area contributed by atoms with Crippen molar-refractivity contribution in [1.82, 2.24) is 19.6 Å². The fraction of sp³-hybridized carbons (Fsp3) is 0.200. The lowest BCUT2D eigenvalue weighted by Gasteiger charge is -2.01. The number of hydrogen-bond donors (Lipinski definition) is 3. The number of H-pyrrole nitrogens is 1. The van der Waals surface area contributed by atoms with Crippen LogP contribution in [0.1, 0.15) is 28.3 Å². The number of aromatic hydroxyl groups is 1. The lowest BCUT2D eigenvalue weighted by molar-refractivity contribution is 0.101. The van der Waals surface area contributed by atoms with Crippen molar-refractivity contribution in [2.45, 2.75) is 19.3 Å². The number of hydrogen-bond acceptors (Lipinski definition) is 5. The predicted molar refractivity (Wildman–Crippen MR) is 81.7 cm³/mol.